The van der Waals surface area contributed by atoms with E-state index in [4.69, 9.17) is 4.42 Å². The van der Waals surface area contributed by atoms with Crippen molar-refractivity contribution in [1.82, 2.24) is 13.7 Å². The minimum Gasteiger partial charge on any atom is -0.456 e. The third-order valence-electron chi connectivity index (χ3n) is 15.5. The van der Waals surface area contributed by atoms with Crippen molar-refractivity contribution in [3.63, 3.8) is 0 Å². The topological polar surface area (TPSA) is 75.5 Å². The molecule has 0 amide bonds. The first-order valence-electron chi connectivity index (χ1n) is 24.1. The van der Waals surface area contributed by atoms with Crippen molar-refractivity contribution in [2.75, 3.05) is 0 Å². The number of fused-ring (bicyclic) bond motifs is 15. The zero-order valence-corrected chi connectivity index (χ0v) is 38.7. The van der Waals surface area contributed by atoms with E-state index in [1.165, 1.54) is 16.7 Å². The summed E-state index contributed by atoms with van der Waals surface area (Å²) in [5.41, 5.74) is 16.1. The largest absolute Gasteiger partial charge is 0.456 e. The Kier molecular flexibility index (Phi) is 7.88. The standard InChI is InChI=1S/C65H39N5O/c1-65(2)51-24-10-3-17-39(51)46-33-38(31-32-52(46)65)61-63(68-53-25-11-4-18-40(53)41-19-5-12-26-54(41)68)49(36-66)62(50(37-67)64(61)69-55-27-13-6-20-42(55)43-21-7-14-28-56(43)69)70-57-29-15-8-22-44(57)47-35-60-48(34-58(47)70)45-23-9-16-30-59(45)71-60/h3-35H,1-2H3. The highest BCUT2D eigenvalue weighted by Crippen LogP contribution is 2.53. The number of nitrogens with zero attached hydrogens (tertiary/aromatic N) is 5. The minimum atomic E-state index is -0.239. The lowest BCUT2D eigenvalue weighted by Crippen LogP contribution is -2.15. The summed E-state index contributed by atoms with van der Waals surface area (Å²) in [5, 5.41) is 32.9. The Hall–Kier alpha value is -9.62. The summed E-state index contributed by atoms with van der Waals surface area (Å²) in [4.78, 5) is 0. The Labute approximate surface area is 407 Å². The lowest BCUT2D eigenvalue weighted by atomic mass is 9.82. The summed E-state index contributed by atoms with van der Waals surface area (Å²) >= 11 is 0. The second kappa shape index (κ2) is 14.2. The molecule has 0 saturated heterocycles. The Morgan fingerprint density at radius 1 is 0.366 bits per heavy atom. The van der Waals surface area contributed by atoms with Crippen LogP contribution in [0.5, 0.6) is 0 Å². The molecule has 0 radical (unpaired) electrons. The lowest BCUT2D eigenvalue weighted by molar-refractivity contribution is 0.660. The molecule has 6 heteroatoms. The maximum atomic E-state index is 12.4. The third kappa shape index (κ3) is 5.13. The van der Waals surface area contributed by atoms with Gasteiger partial charge in [0.25, 0.3) is 0 Å². The van der Waals surface area contributed by atoms with Gasteiger partial charge in [0.2, 0.25) is 0 Å². The predicted molar refractivity (Wildman–Crippen MR) is 289 cm³/mol. The molecule has 6 nitrogen and oxygen atoms in total. The second-order valence-corrected chi connectivity index (χ2v) is 19.4. The van der Waals surface area contributed by atoms with Crippen LogP contribution in [0.3, 0.4) is 0 Å². The van der Waals surface area contributed by atoms with Gasteiger partial charge in [0, 0.05) is 54.1 Å². The van der Waals surface area contributed by atoms with Gasteiger partial charge in [-0.1, -0.05) is 159 Å². The zero-order chi connectivity index (χ0) is 47.3. The van der Waals surface area contributed by atoms with Gasteiger partial charge in [0.05, 0.1) is 50.2 Å². The first kappa shape index (κ1) is 39.4. The summed E-state index contributed by atoms with van der Waals surface area (Å²) in [6.45, 7) is 4.60. The number of rotatable bonds is 4. The number of para-hydroxylation sites is 6. The molecule has 0 aliphatic heterocycles. The maximum Gasteiger partial charge on any atom is 0.136 e. The monoisotopic (exact) mass is 905 g/mol. The number of furan rings is 1. The smallest absolute Gasteiger partial charge is 0.136 e. The molecule has 1 aliphatic carbocycles. The minimum absolute atomic E-state index is 0.239. The summed E-state index contributed by atoms with van der Waals surface area (Å²) in [7, 11) is 0. The Morgan fingerprint density at radius 3 is 1.34 bits per heavy atom. The fourth-order valence-corrected chi connectivity index (χ4v) is 12.5. The molecule has 0 unspecified atom stereocenters. The molecule has 0 saturated carbocycles. The zero-order valence-electron chi connectivity index (χ0n) is 38.7. The van der Waals surface area contributed by atoms with E-state index in [0.717, 1.165) is 104 Å². The molecule has 330 valence electrons. The van der Waals surface area contributed by atoms with Gasteiger partial charge in [0.1, 0.15) is 34.4 Å². The molecule has 15 rings (SSSR count). The number of benzene rings is 10. The van der Waals surface area contributed by atoms with Crippen LogP contribution in [0.15, 0.2) is 205 Å². The van der Waals surface area contributed by atoms with Crippen LogP contribution in [0.2, 0.25) is 0 Å². The molecular weight excluding hydrogens is 867 g/mol. The van der Waals surface area contributed by atoms with Crippen LogP contribution < -0.4 is 0 Å². The van der Waals surface area contributed by atoms with Crippen molar-refractivity contribution in [3.8, 4) is 51.5 Å². The summed E-state index contributed by atoms with van der Waals surface area (Å²) in [6.07, 6.45) is 0. The molecule has 0 fully saturated rings. The van der Waals surface area contributed by atoms with Crippen molar-refractivity contribution in [1.29, 1.82) is 10.5 Å². The molecule has 4 heterocycles. The normalized spacial score (nSPS) is 13.0. The fourth-order valence-electron chi connectivity index (χ4n) is 12.5. The van der Waals surface area contributed by atoms with Gasteiger partial charge in [-0.25, -0.2) is 0 Å². The van der Waals surface area contributed by atoms with Crippen LogP contribution in [0.25, 0.3) is 127 Å². The van der Waals surface area contributed by atoms with Crippen molar-refractivity contribution in [2.45, 2.75) is 19.3 Å². The van der Waals surface area contributed by atoms with Gasteiger partial charge < -0.3 is 18.1 Å². The van der Waals surface area contributed by atoms with Gasteiger partial charge in [-0.2, -0.15) is 10.5 Å². The van der Waals surface area contributed by atoms with E-state index in [0.29, 0.717) is 28.2 Å². The number of hydrogen-bond acceptors (Lipinski definition) is 3. The summed E-state index contributed by atoms with van der Waals surface area (Å²) in [6, 6.07) is 75.9. The average Bonchev–Trinajstić information content (AvgIpc) is 4.19. The maximum absolute atomic E-state index is 12.4. The third-order valence-corrected chi connectivity index (χ3v) is 15.5. The van der Waals surface area contributed by atoms with Gasteiger partial charge >= 0.3 is 0 Å². The van der Waals surface area contributed by atoms with Crippen LogP contribution >= 0.6 is 0 Å². The van der Waals surface area contributed by atoms with Crippen LogP contribution in [-0.4, -0.2) is 13.7 Å². The van der Waals surface area contributed by atoms with E-state index >= 15 is 0 Å². The predicted octanol–water partition coefficient (Wildman–Crippen LogP) is 16.6. The second-order valence-electron chi connectivity index (χ2n) is 19.4. The SMILES string of the molecule is CC1(C)c2ccccc2-c2cc(-c3c(-n4c5ccccc5c5ccccc54)c(C#N)c(-n4c5ccccc5c5cc6oc7ccccc7c6cc54)c(C#N)c3-n3c4ccccc4c4ccccc43)ccc21. The molecule has 10 aromatic carbocycles. The molecule has 71 heavy (non-hydrogen) atoms. The van der Waals surface area contributed by atoms with Gasteiger partial charge in [-0.3, -0.25) is 0 Å². The summed E-state index contributed by atoms with van der Waals surface area (Å²) < 4.78 is 13.3. The molecule has 1 aliphatic rings. The highest BCUT2D eigenvalue weighted by Gasteiger charge is 2.37. The van der Waals surface area contributed by atoms with Gasteiger partial charge in [-0.05, 0) is 82.4 Å². The van der Waals surface area contributed by atoms with Crippen molar-refractivity contribution < 1.29 is 4.42 Å². The quantitative estimate of drug-likeness (QED) is 0.177. The van der Waals surface area contributed by atoms with E-state index in [1.807, 2.05) is 24.3 Å². The van der Waals surface area contributed by atoms with Crippen LogP contribution in [0, 0.1) is 22.7 Å². The molecule has 4 aromatic heterocycles. The Morgan fingerprint density at radius 2 is 0.803 bits per heavy atom. The van der Waals surface area contributed by atoms with Crippen LogP contribution in [-0.2, 0) is 5.41 Å². The molecule has 0 N–H and O–H groups in total. The molecule has 0 spiro atoms. The average molecular weight is 906 g/mol. The van der Waals surface area contributed by atoms with Crippen LogP contribution in [0.4, 0.5) is 0 Å². The molecular formula is C65H39N5O. The van der Waals surface area contributed by atoms with E-state index in [-0.39, 0.29) is 5.41 Å². The summed E-state index contributed by atoms with van der Waals surface area (Å²) in [5.74, 6) is 0. The first-order valence-corrected chi connectivity index (χ1v) is 24.1. The van der Waals surface area contributed by atoms with Crippen LogP contribution in [0.1, 0.15) is 36.1 Å². The van der Waals surface area contributed by atoms with E-state index in [2.05, 4.69) is 216 Å². The highest BCUT2D eigenvalue weighted by atomic mass is 16.3. The first-order chi connectivity index (χ1) is 34.9. The highest BCUT2D eigenvalue weighted by molar-refractivity contribution is 6.18. The van der Waals surface area contributed by atoms with E-state index in [1.54, 1.807) is 0 Å². The fraction of sp³-hybridized carbons (Fsp3) is 0.0462. The Balaban J connectivity index is 1.23. The molecule has 14 aromatic rings. The number of hydrogen-bond donors (Lipinski definition) is 0. The number of nitriles is 2. The molecule has 0 bridgehead atoms. The molecule has 0 atom stereocenters. The van der Waals surface area contributed by atoms with Gasteiger partial charge in [-0.15, -0.1) is 0 Å². The van der Waals surface area contributed by atoms with Crippen molar-refractivity contribution in [3.05, 3.63) is 222 Å². The van der Waals surface area contributed by atoms with Crippen molar-refractivity contribution >= 4 is 87.4 Å². The number of aromatic nitrogens is 3. The Bertz CT molecular complexity index is 4510. The van der Waals surface area contributed by atoms with E-state index < -0.39 is 0 Å². The lowest BCUT2D eigenvalue weighted by Gasteiger charge is -2.27. The van der Waals surface area contributed by atoms with Gasteiger partial charge in [0.15, 0.2) is 0 Å². The van der Waals surface area contributed by atoms with E-state index in [9.17, 15) is 10.5 Å². The van der Waals surface area contributed by atoms with Crippen molar-refractivity contribution in [2.24, 2.45) is 0 Å².